The van der Waals surface area contributed by atoms with Crippen LogP contribution in [0.2, 0.25) is 0 Å². The van der Waals surface area contributed by atoms with Crippen molar-refractivity contribution in [2.45, 2.75) is 16.6 Å². The second-order valence-corrected chi connectivity index (χ2v) is 7.20. The van der Waals surface area contributed by atoms with Crippen molar-refractivity contribution >= 4 is 42.8 Å². The van der Waals surface area contributed by atoms with Crippen LogP contribution in [0, 0.1) is 6.92 Å². The van der Waals surface area contributed by atoms with Gasteiger partial charge in [0.25, 0.3) is 0 Å². The van der Waals surface area contributed by atoms with Crippen LogP contribution in [0.25, 0.3) is 11.0 Å². The topological polar surface area (TPSA) is 30.2 Å². The summed E-state index contributed by atoms with van der Waals surface area (Å²) >= 11 is 7.34. The third-order valence-electron chi connectivity index (χ3n) is 3.58. The number of benzene rings is 2. The van der Waals surface area contributed by atoms with Gasteiger partial charge in [-0.05, 0) is 24.6 Å². The third-order valence-corrected chi connectivity index (χ3v) is 6.32. The van der Waals surface area contributed by atoms with Gasteiger partial charge >= 0.3 is 0 Å². The van der Waals surface area contributed by atoms with E-state index in [1.165, 1.54) is 5.56 Å². The van der Waals surface area contributed by atoms with Crippen molar-refractivity contribution in [3.05, 3.63) is 81.7 Å². The van der Waals surface area contributed by atoms with E-state index in [9.17, 15) is 4.79 Å². The van der Waals surface area contributed by atoms with E-state index in [1.807, 2.05) is 18.2 Å². The molecule has 2 unspecified atom stereocenters. The average Bonchev–Trinajstić information content (AvgIpc) is 2.54. The molecule has 3 rings (SSSR count). The normalized spacial score (nSPS) is 14.0. The molecule has 2 atom stereocenters. The maximum absolute atomic E-state index is 12.2. The minimum absolute atomic E-state index is 0.0115. The Labute approximate surface area is 145 Å². The Morgan fingerprint density at radius 1 is 0.955 bits per heavy atom. The summed E-state index contributed by atoms with van der Waals surface area (Å²) in [6.45, 7) is 2.06. The van der Waals surface area contributed by atoms with Gasteiger partial charge in [-0.3, -0.25) is 4.79 Å². The van der Waals surface area contributed by atoms with E-state index >= 15 is 0 Å². The Kier molecular flexibility index (Phi) is 4.50. The summed E-state index contributed by atoms with van der Waals surface area (Å²) in [5, 5.41) is 0.604. The first-order chi connectivity index (χ1) is 10.6. The number of para-hydroxylation sites is 1. The lowest BCUT2D eigenvalue weighted by Gasteiger charge is -2.17. The van der Waals surface area contributed by atoms with E-state index in [-0.39, 0.29) is 15.1 Å². The van der Waals surface area contributed by atoms with E-state index in [1.54, 1.807) is 12.1 Å². The molecule has 0 N–H and O–H groups in total. The molecule has 112 valence electrons. The molecule has 0 aliphatic heterocycles. The predicted octanol–water partition coefficient (Wildman–Crippen LogP) is 5.67. The van der Waals surface area contributed by atoms with Crippen molar-refractivity contribution in [2.75, 3.05) is 0 Å². The zero-order valence-electron chi connectivity index (χ0n) is 11.9. The van der Waals surface area contributed by atoms with E-state index in [0.717, 1.165) is 5.56 Å². The van der Waals surface area contributed by atoms with Crippen LogP contribution in [0.3, 0.4) is 0 Å². The Morgan fingerprint density at radius 2 is 1.64 bits per heavy atom. The second kappa shape index (κ2) is 6.39. The summed E-state index contributed by atoms with van der Waals surface area (Å²) in [7, 11) is 0. The Bertz CT molecular complexity index is 853. The highest BCUT2D eigenvalue weighted by atomic mass is 79.9. The lowest BCUT2D eigenvalue weighted by Crippen LogP contribution is -2.06. The van der Waals surface area contributed by atoms with Gasteiger partial charge in [0.05, 0.1) is 15.0 Å². The highest BCUT2D eigenvalue weighted by molar-refractivity contribution is 9.12. The summed E-state index contributed by atoms with van der Waals surface area (Å²) in [5.41, 5.74) is 2.93. The highest BCUT2D eigenvalue weighted by Crippen LogP contribution is 2.42. The van der Waals surface area contributed by atoms with Gasteiger partial charge in [0, 0.05) is 6.07 Å². The number of alkyl halides is 2. The molecule has 0 bridgehead atoms. The fourth-order valence-electron chi connectivity index (χ4n) is 2.32. The van der Waals surface area contributed by atoms with Crippen LogP contribution in [0.15, 0.2) is 63.8 Å². The average molecular weight is 422 g/mol. The zero-order chi connectivity index (χ0) is 15.7. The van der Waals surface area contributed by atoms with Gasteiger partial charge in [-0.1, -0.05) is 73.8 Å². The molecule has 0 aliphatic carbocycles. The lowest BCUT2D eigenvalue weighted by molar-refractivity contribution is 0.531. The number of fused-ring (bicyclic) bond motifs is 1. The zero-order valence-corrected chi connectivity index (χ0v) is 15.1. The lowest BCUT2D eigenvalue weighted by atomic mass is 10.1. The monoisotopic (exact) mass is 420 g/mol. The van der Waals surface area contributed by atoms with Crippen LogP contribution in [0.5, 0.6) is 0 Å². The summed E-state index contributed by atoms with van der Waals surface area (Å²) in [6, 6.07) is 17.1. The van der Waals surface area contributed by atoms with Gasteiger partial charge in [0.15, 0.2) is 5.43 Å². The van der Waals surface area contributed by atoms with Crippen LogP contribution >= 0.6 is 31.9 Å². The van der Waals surface area contributed by atoms with Gasteiger partial charge in [0.2, 0.25) is 0 Å². The standard InChI is InChI=1S/C18H14Br2O2/c1-11-6-8-12(9-7-11)17(19)18(20)16-10-14(21)13-4-2-3-5-15(13)22-16/h2-10,17-18H,1H3. The molecular weight excluding hydrogens is 408 g/mol. The fraction of sp³-hybridized carbons (Fsp3) is 0.167. The van der Waals surface area contributed by atoms with Crippen molar-refractivity contribution in [3.8, 4) is 0 Å². The molecule has 0 aliphatic rings. The van der Waals surface area contributed by atoms with Crippen LogP contribution in [0.4, 0.5) is 0 Å². The van der Waals surface area contributed by atoms with Crippen molar-refractivity contribution in [2.24, 2.45) is 0 Å². The largest absolute Gasteiger partial charge is 0.460 e. The Morgan fingerprint density at radius 3 is 2.36 bits per heavy atom. The third kappa shape index (κ3) is 3.03. The van der Waals surface area contributed by atoms with E-state index in [4.69, 9.17) is 4.42 Å². The molecule has 22 heavy (non-hydrogen) atoms. The van der Waals surface area contributed by atoms with E-state index in [2.05, 4.69) is 63.0 Å². The summed E-state index contributed by atoms with van der Waals surface area (Å²) < 4.78 is 5.89. The van der Waals surface area contributed by atoms with Gasteiger partial charge in [-0.2, -0.15) is 0 Å². The first-order valence-corrected chi connectivity index (χ1v) is 8.77. The molecule has 0 saturated carbocycles. The number of rotatable bonds is 3. The number of hydrogen-bond donors (Lipinski definition) is 0. The molecule has 2 nitrogen and oxygen atoms in total. The van der Waals surface area contributed by atoms with Gasteiger partial charge in [0.1, 0.15) is 11.3 Å². The minimum Gasteiger partial charge on any atom is -0.460 e. The van der Waals surface area contributed by atoms with E-state index in [0.29, 0.717) is 16.7 Å². The quantitative estimate of drug-likeness (QED) is 0.509. The van der Waals surface area contributed by atoms with Crippen LogP contribution in [-0.4, -0.2) is 0 Å². The second-order valence-electron chi connectivity index (χ2n) is 5.22. The molecular formula is C18H14Br2O2. The number of aryl methyl sites for hydroxylation is 1. The summed E-state index contributed by atoms with van der Waals surface area (Å²) in [4.78, 5) is 12.1. The Hall–Kier alpha value is -1.39. The summed E-state index contributed by atoms with van der Waals surface area (Å²) in [5.74, 6) is 0.617. The van der Waals surface area contributed by atoms with Crippen LogP contribution in [0.1, 0.15) is 26.5 Å². The Balaban J connectivity index is 1.99. The van der Waals surface area contributed by atoms with Crippen molar-refractivity contribution in [1.29, 1.82) is 0 Å². The van der Waals surface area contributed by atoms with Gasteiger partial charge in [-0.15, -0.1) is 0 Å². The molecule has 3 aromatic rings. The van der Waals surface area contributed by atoms with Gasteiger partial charge < -0.3 is 4.42 Å². The minimum atomic E-state index is -0.132. The highest BCUT2D eigenvalue weighted by Gasteiger charge is 2.23. The molecule has 4 heteroatoms. The van der Waals surface area contributed by atoms with E-state index < -0.39 is 0 Å². The molecule has 0 spiro atoms. The van der Waals surface area contributed by atoms with Crippen LogP contribution < -0.4 is 5.43 Å². The SMILES string of the molecule is Cc1ccc(C(Br)C(Br)c2cc(=O)c3ccccc3o2)cc1. The molecule has 2 aromatic carbocycles. The van der Waals surface area contributed by atoms with Gasteiger partial charge in [-0.25, -0.2) is 0 Å². The predicted molar refractivity (Wildman–Crippen MR) is 97.0 cm³/mol. The molecule has 0 radical (unpaired) electrons. The van der Waals surface area contributed by atoms with Crippen molar-refractivity contribution in [3.63, 3.8) is 0 Å². The molecule has 0 fully saturated rings. The number of halogens is 2. The first-order valence-electron chi connectivity index (χ1n) is 6.94. The smallest absolute Gasteiger partial charge is 0.192 e. The molecule has 0 amide bonds. The fourth-order valence-corrected chi connectivity index (χ4v) is 3.42. The molecule has 0 saturated heterocycles. The maximum Gasteiger partial charge on any atom is 0.192 e. The summed E-state index contributed by atoms with van der Waals surface area (Å²) in [6.07, 6.45) is 0. The molecule has 1 aromatic heterocycles. The molecule has 1 heterocycles. The van der Waals surface area contributed by atoms with Crippen molar-refractivity contribution < 1.29 is 4.42 Å². The maximum atomic E-state index is 12.2. The first kappa shape index (κ1) is 15.5. The van der Waals surface area contributed by atoms with Crippen LogP contribution in [-0.2, 0) is 0 Å². The van der Waals surface area contributed by atoms with Crippen molar-refractivity contribution in [1.82, 2.24) is 0 Å². The number of hydrogen-bond acceptors (Lipinski definition) is 2.